The fourth-order valence-corrected chi connectivity index (χ4v) is 3.88. The number of carbonyl (C=O) groups is 2. The summed E-state index contributed by atoms with van der Waals surface area (Å²) in [4.78, 5) is 31.6. The molecule has 0 rings (SSSR count). The summed E-state index contributed by atoms with van der Waals surface area (Å²) >= 11 is 0. The number of aliphatic carboxylic acids is 1. The monoisotopic (exact) mass is 507 g/mol. The number of esters is 1. The van der Waals surface area contributed by atoms with E-state index in [1.165, 1.54) is 64.2 Å². The highest BCUT2D eigenvalue weighted by Gasteiger charge is 2.24. The quantitative estimate of drug-likeness (QED) is 0.0667. The second-order valence-electron chi connectivity index (χ2n) is 8.45. The first-order valence-corrected chi connectivity index (χ1v) is 14.2. The van der Waals surface area contributed by atoms with Crippen molar-refractivity contribution < 1.29 is 37.9 Å². The lowest BCUT2D eigenvalue weighted by molar-refractivity contribution is -0.144. The van der Waals surface area contributed by atoms with Gasteiger partial charge in [-0.3, -0.25) is 18.6 Å². The van der Waals surface area contributed by atoms with Crippen molar-refractivity contribution in [2.45, 2.75) is 109 Å². The summed E-state index contributed by atoms with van der Waals surface area (Å²) in [7, 11) is -4.46. The molecular formula is C24H46NO8P. The van der Waals surface area contributed by atoms with Crippen molar-refractivity contribution in [3.05, 3.63) is 12.2 Å². The average Bonchev–Trinajstić information content (AvgIpc) is 2.79. The number of carbonyl (C=O) groups excluding carboxylic acids is 1. The van der Waals surface area contributed by atoms with Crippen molar-refractivity contribution in [2.75, 3.05) is 19.8 Å². The summed E-state index contributed by atoms with van der Waals surface area (Å²) in [5, 5.41) is 8.59. The first-order valence-electron chi connectivity index (χ1n) is 12.7. The molecule has 9 nitrogen and oxygen atoms in total. The molecule has 4 N–H and O–H groups in total. The van der Waals surface area contributed by atoms with Crippen LogP contribution in [0.15, 0.2) is 12.2 Å². The molecule has 0 saturated carbocycles. The lowest BCUT2D eigenvalue weighted by atomic mass is 10.1. The van der Waals surface area contributed by atoms with Crippen molar-refractivity contribution in [1.82, 2.24) is 0 Å². The van der Waals surface area contributed by atoms with Crippen LogP contribution in [-0.2, 0) is 27.9 Å². The van der Waals surface area contributed by atoms with Crippen molar-refractivity contribution in [3.8, 4) is 0 Å². The highest BCUT2D eigenvalue weighted by molar-refractivity contribution is 7.47. The van der Waals surface area contributed by atoms with Crippen molar-refractivity contribution >= 4 is 19.8 Å². The van der Waals surface area contributed by atoms with Gasteiger partial charge < -0.3 is 20.5 Å². The largest absolute Gasteiger partial charge is 0.480 e. The molecular weight excluding hydrogens is 461 g/mol. The molecule has 200 valence electrons. The molecule has 0 aliphatic heterocycles. The summed E-state index contributed by atoms with van der Waals surface area (Å²) in [6, 6.07) is -1.44. The predicted molar refractivity (Wildman–Crippen MR) is 132 cm³/mol. The number of nitrogens with two attached hydrogens (primary N) is 1. The van der Waals surface area contributed by atoms with Crippen LogP contribution in [0, 0.1) is 0 Å². The maximum absolute atomic E-state index is 11.6. The second kappa shape index (κ2) is 22.2. The summed E-state index contributed by atoms with van der Waals surface area (Å²) in [6.07, 6.45) is 21.3. The fourth-order valence-electron chi connectivity index (χ4n) is 3.14. The van der Waals surface area contributed by atoms with E-state index in [4.69, 9.17) is 15.6 Å². The van der Waals surface area contributed by atoms with Crippen molar-refractivity contribution in [2.24, 2.45) is 5.73 Å². The van der Waals surface area contributed by atoms with Gasteiger partial charge in [0.2, 0.25) is 0 Å². The third-order valence-electron chi connectivity index (χ3n) is 5.21. The number of allylic oxidation sites excluding steroid dienone is 2. The lowest BCUT2D eigenvalue weighted by Gasteiger charge is -2.13. The van der Waals surface area contributed by atoms with E-state index in [9.17, 15) is 19.0 Å². The standard InChI is InChI=1S/C24H46NO8P/c1-2-3-4-5-6-7-8-9-10-11-12-13-14-15-16-17-19-31-23(26)18-20-32-34(29,30)33-21-22(25)24(27)28/h9-10,22H,2-8,11-21,25H2,1H3,(H,27,28)(H,29,30)/b10-9-/t22-/m0/s1. The maximum Gasteiger partial charge on any atom is 0.472 e. The van der Waals surface area contributed by atoms with Gasteiger partial charge in [0, 0.05) is 0 Å². The van der Waals surface area contributed by atoms with E-state index in [1.807, 2.05) is 0 Å². The Labute approximate surface area is 205 Å². The molecule has 0 aliphatic carbocycles. The van der Waals surface area contributed by atoms with Crippen LogP contribution in [0.4, 0.5) is 0 Å². The Hall–Kier alpha value is -1.25. The SMILES string of the molecule is CCCCCCCC/C=C\CCCCCCCCOC(=O)CCOP(=O)(O)OC[C@H](N)C(=O)O. The van der Waals surface area contributed by atoms with Gasteiger partial charge in [-0.1, -0.05) is 76.9 Å². The highest BCUT2D eigenvalue weighted by Crippen LogP contribution is 2.43. The molecule has 0 aromatic heterocycles. The number of phosphoric acid groups is 1. The first kappa shape index (κ1) is 32.8. The Morgan fingerprint density at radius 3 is 1.94 bits per heavy atom. The van der Waals surface area contributed by atoms with E-state index in [-0.39, 0.29) is 13.0 Å². The number of carboxylic acid groups (broad SMARTS) is 1. The third kappa shape index (κ3) is 22.5. The van der Waals surface area contributed by atoms with E-state index in [2.05, 4.69) is 28.1 Å². The molecule has 0 bridgehead atoms. The van der Waals surface area contributed by atoms with Crippen LogP contribution in [-0.4, -0.2) is 47.8 Å². The number of carboxylic acids is 1. The van der Waals surface area contributed by atoms with Crippen LogP contribution in [0.25, 0.3) is 0 Å². The summed E-state index contributed by atoms with van der Waals surface area (Å²) in [5.41, 5.74) is 5.17. The minimum atomic E-state index is -4.46. The number of hydrogen-bond acceptors (Lipinski definition) is 7. The zero-order valence-corrected chi connectivity index (χ0v) is 21.7. The van der Waals surface area contributed by atoms with Crippen LogP contribution < -0.4 is 5.73 Å². The van der Waals surface area contributed by atoms with E-state index in [0.717, 1.165) is 25.7 Å². The Morgan fingerprint density at radius 1 is 0.853 bits per heavy atom. The van der Waals surface area contributed by atoms with Gasteiger partial charge >= 0.3 is 19.8 Å². The van der Waals surface area contributed by atoms with Crippen LogP contribution in [0.5, 0.6) is 0 Å². The van der Waals surface area contributed by atoms with Gasteiger partial charge in [-0.05, 0) is 32.1 Å². The minimum absolute atomic E-state index is 0.203. The molecule has 0 fully saturated rings. The van der Waals surface area contributed by atoms with Crippen molar-refractivity contribution in [3.63, 3.8) is 0 Å². The Morgan fingerprint density at radius 2 is 1.38 bits per heavy atom. The van der Waals surface area contributed by atoms with Gasteiger partial charge in [-0.15, -0.1) is 0 Å². The molecule has 34 heavy (non-hydrogen) atoms. The van der Waals surface area contributed by atoms with Gasteiger partial charge in [-0.2, -0.15) is 0 Å². The fraction of sp³-hybridized carbons (Fsp3) is 0.833. The number of phosphoric ester groups is 1. The molecule has 0 amide bonds. The number of hydrogen-bond donors (Lipinski definition) is 3. The molecule has 0 heterocycles. The Balaban J connectivity index is 3.47. The normalized spacial score (nSPS) is 14.2. The van der Waals surface area contributed by atoms with Crippen molar-refractivity contribution in [1.29, 1.82) is 0 Å². The van der Waals surface area contributed by atoms with Crippen LogP contribution in [0.2, 0.25) is 0 Å². The summed E-state index contributed by atoms with van der Waals surface area (Å²) in [6.45, 7) is 1.50. The van der Waals surface area contributed by atoms with E-state index < -0.39 is 32.4 Å². The topological polar surface area (TPSA) is 145 Å². The number of rotatable bonds is 24. The van der Waals surface area contributed by atoms with Crippen LogP contribution in [0.3, 0.4) is 0 Å². The third-order valence-corrected chi connectivity index (χ3v) is 6.20. The molecule has 0 aromatic carbocycles. The van der Waals surface area contributed by atoms with Gasteiger partial charge in [0.15, 0.2) is 0 Å². The molecule has 2 atom stereocenters. The van der Waals surface area contributed by atoms with Gasteiger partial charge in [0.05, 0.1) is 26.2 Å². The van der Waals surface area contributed by atoms with E-state index in [0.29, 0.717) is 6.61 Å². The number of unbranched alkanes of at least 4 members (excludes halogenated alkanes) is 12. The zero-order valence-electron chi connectivity index (χ0n) is 20.8. The smallest absolute Gasteiger partial charge is 0.472 e. The summed E-state index contributed by atoms with van der Waals surface area (Å²) in [5.74, 6) is -1.90. The van der Waals surface area contributed by atoms with E-state index in [1.54, 1.807) is 0 Å². The summed E-state index contributed by atoms with van der Waals surface area (Å²) < 4.78 is 25.7. The predicted octanol–water partition coefficient (Wildman–Crippen LogP) is 5.50. The second-order valence-corrected chi connectivity index (χ2v) is 9.90. The van der Waals surface area contributed by atoms with Gasteiger partial charge in [0.1, 0.15) is 6.04 Å². The Bertz CT molecular complexity index is 600. The van der Waals surface area contributed by atoms with Gasteiger partial charge in [-0.25, -0.2) is 4.57 Å². The average molecular weight is 508 g/mol. The molecule has 1 unspecified atom stereocenters. The Kier molecular flexibility index (Phi) is 21.4. The molecule has 0 aromatic rings. The lowest BCUT2D eigenvalue weighted by Crippen LogP contribution is -2.34. The van der Waals surface area contributed by atoms with Gasteiger partial charge in [0.25, 0.3) is 0 Å². The number of ether oxygens (including phenoxy) is 1. The molecule has 10 heteroatoms. The maximum atomic E-state index is 11.6. The molecule has 0 saturated heterocycles. The van der Waals surface area contributed by atoms with E-state index >= 15 is 0 Å². The zero-order chi connectivity index (χ0) is 25.5. The molecule has 0 aliphatic rings. The van der Waals surface area contributed by atoms with Crippen LogP contribution >= 0.6 is 7.82 Å². The molecule has 0 spiro atoms. The highest BCUT2D eigenvalue weighted by atomic mass is 31.2. The molecule has 0 radical (unpaired) electrons. The van der Waals surface area contributed by atoms with Crippen LogP contribution in [0.1, 0.15) is 103 Å². The minimum Gasteiger partial charge on any atom is -0.480 e. The first-order chi connectivity index (χ1) is 16.3.